The summed E-state index contributed by atoms with van der Waals surface area (Å²) in [5.74, 6) is -5.01. The van der Waals surface area contributed by atoms with E-state index in [1.54, 1.807) is 30.3 Å². The van der Waals surface area contributed by atoms with Gasteiger partial charge in [-0.05, 0) is 74.9 Å². The molecule has 1 saturated heterocycles. The Labute approximate surface area is 256 Å². The Bertz CT molecular complexity index is 1660. The van der Waals surface area contributed by atoms with Crippen LogP contribution >= 0.6 is 0 Å². The molecule has 3 aromatic carbocycles. The lowest BCUT2D eigenvalue weighted by atomic mass is 10.0. The number of phenolic OH excluding ortho intramolecular Hbond substituents is 1. The number of hydrogen-bond donors (Lipinski definition) is 4. The van der Waals surface area contributed by atoms with Gasteiger partial charge in [-0.3, -0.25) is 9.79 Å². The van der Waals surface area contributed by atoms with Gasteiger partial charge in [0.1, 0.15) is 17.1 Å². The summed E-state index contributed by atoms with van der Waals surface area (Å²) < 4.78 is 42.2. The maximum absolute atomic E-state index is 14.1. The maximum Gasteiger partial charge on any atom is 0.421 e. The van der Waals surface area contributed by atoms with E-state index in [0.717, 1.165) is 67.2 Å². The zero-order valence-corrected chi connectivity index (χ0v) is 24.2. The van der Waals surface area contributed by atoms with Crippen LogP contribution in [0.3, 0.4) is 0 Å². The maximum atomic E-state index is 14.1. The molecule has 4 rings (SSSR count). The molecule has 1 amide bonds. The molecule has 0 radical (unpaired) electrons. The number of alkyl halides is 3. The van der Waals surface area contributed by atoms with Gasteiger partial charge in [0, 0.05) is 17.7 Å². The molecule has 1 aliphatic heterocycles. The highest BCUT2D eigenvalue weighted by molar-refractivity contribution is 6.10. The van der Waals surface area contributed by atoms with E-state index < -0.39 is 58.7 Å². The number of hydrogen-bond acceptors (Lipinski definition) is 6. The van der Waals surface area contributed by atoms with Crippen LogP contribution in [0.15, 0.2) is 71.7 Å². The highest BCUT2D eigenvalue weighted by atomic mass is 19.4. The fourth-order valence-electron chi connectivity index (χ4n) is 5.02. The van der Waals surface area contributed by atoms with E-state index >= 15 is 0 Å². The van der Waals surface area contributed by atoms with Crippen molar-refractivity contribution in [2.45, 2.75) is 25.1 Å². The lowest BCUT2D eigenvalue weighted by Crippen LogP contribution is -2.33. The molecule has 1 fully saturated rings. The number of piperidine rings is 1. The number of phenols is 1. The number of carbonyl (C=O) groups is 3. The van der Waals surface area contributed by atoms with Crippen LogP contribution in [0.1, 0.15) is 60.6 Å². The molecule has 0 saturated carbocycles. The molecule has 10 nitrogen and oxygen atoms in total. The second-order valence-corrected chi connectivity index (χ2v) is 10.5. The summed E-state index contributed by atoms with van der Waals surface area (Å²) in [7, 11) is 2.04. The average molecular weight is 625 g/mol. The zero-order valence-electron chi connectivity index (χ0n) is 24.2. The van der Waals surface area contributed by atoms with Crippen LogP contribution in [0.25, 0.3) is 6.08 Å². The van der Waals surface area contributed by atoms with Crippen LogP contribution in [-0.4, -0.2) is 76.6 Å². The molecule has 3 aromatic rings. The molecule has 1 aliphatic rings. The Hall–Kier alpha value is -5.17. The monoisotopic (exact) mass is 624 g/mol. The van der Waals surface area contributed by atoms with Crippen LogP contribution in [0.2, 0.25) is 0 Å². The molecule has 0 aliphatic carbocycles. The normalized spacial score (nSPS) is 14.9. The lowest BCUT2D eigenvalue weighted by Gasteiger charge is -2.26. The lowest BCUT2D eigenvalue weighted by molar-refractivity contribution is -0.138. The molecular formula is C32H31F3N4O6. The van der Waals surface area contributed by atoms with E-state index in [4.69, 9.17) is 5.73 Å². The van der Waals surface area contributed by atoms with E-state index in [0.29, 0.717) is 17.0 Å². The number of aromatic hydroxyl groups is 1. The molecule has 45 heavy (non-hydrogen) atoms. The van der Waals surface area contributed by atoms with Crippen LogP contribution in [0.4, 0.5) is 18.9 Å². The number of benzene rings is 3. The van der Waals surface area contributed by atoms with E-state index in [9.17, 15) is 42.9 Å². The standard InChI is InChI=1S/C32H31F3N4O6/c1-38-15-12-22(13-16-38)37-28(36)20-7-2-5-19(17-20)6-4-14-39(25-8-3-9-26(40)27(25)32(33,34)35)29(41)21-10-11-23(30(42)43)24(18-21)31(44)45/h2-11,17-18,22,40H,12-16H2,1H3,(H2,36,37)(H,42,43)(H,44,45)/b6-4-. The predicted molar refractivity (Wildman–Crippen MR) is 162 cm³/mol. The topological polar surface area (TPSA) is 157 Å². The van der Waals surface area contributed by atoms with Gasteiger partial charge < -0.3 is 30.9 Å². The molecular weight excluding hydrogens is 593 g/mol. The summed E-state index contributed by atoms with van der Waals surface area (Å²) >= 11 is 0. The first-order chi connectivity index (χ1) is 21.3. The molecule has 0 atom stereocenters. The van der Waals surface area contributed by atoms with Crippen molar-refractivity contribution in [1.82, 2.24) is 4.90 Å². The fourth-order valence-corrected chi connectivity index (χ4v) is 5.02. The third kappa shape index (κ3) is 7.87. The third-order valence-corrected chi connectivity index (χ3v) is 7.36. The van der Waals surface area contributed by atoms with E-state index in [1.165, 1.54) is 6.08 Å². The van der Waals surface area contributed by atoms with Gasteiger partial charge in [0.05, 0.1) is 22.9 Å². The Kier molecular flexibility index (Phi) is 9.92. The third-order valence-electron chi connectivity index (χ3n) is 7.36. The largest absolute Gasteiger partial charge is 0.507 e. The smallest absolute Gasteiger partial charge is 0.421 e. The molecule has 0 aromatic heterocycles. The number of aliphatic imine (C=N–C) groups is 1. The Morgan fingerprint density at radius 1 is 0.978 bits per heavy atom. The number of carboxylic acid groups (broad SMARTS) is 2. The Morgan fingerprint density at radius 2 is 1.64 bits per heavy atom. The molecule has 13 heteroatoms. The second kappa shape index (κ2) is 13.6. The highest BCUT2D eigenvalue weighted by Gasteiger charge is 2.39. The van der Waals surface area contributed by atoms with Gasteiger partial charge in [-0.25, -0.2) is 9.59 Å². The van der Waals surface area contributed by atoms with Gasteiger partial charge in [0.2, 0.25) is 0 Å². The number of rotatable bonds is 9. The highest BCUT2D eigenvalue weighted by Crippen LogP contribution is 2.42. The predicted octanol–water partition coefficient (Wildman–Crippen LogP) is 4.97. The van der Waals surface area contributed by atoms with Crippen LogP contribution < -0.4 is 10.6 Å². The van der Waals surface area contributed by atoms with Gasteiger partial charge >= 0.3 is 18.1 Å². The van der Waals surface area contributed by atoms with Gasteiger partial charge in [0.25, 0.3) is 5.91 Å². The van der Waals surface area contributed by atoms with Gasteiger partial charge in [-0.1, -0.05) is 36.4 Å². The first-order valence-electron chi connectivity index (χ1n) is 13.9. The number of likely N-dealkylation sites (tertiary alicyclic amines) is 1. The van der Waals surface area contributed by atoms with Crippen molar-refractivity contribution in [3.8, 4) is 5.75 Å². The van der Waals surface area contributed by atoms with Gasteiger partial charge in [-0.15, -0.1) is 0 Å². The van der Waals surface area contributed by atoms with Gasteiger partial charge in [-0.2, -0.15) is 13.2 Å². The van der Waals surface area contributed by atoms with Crippen molar-refractivity contribution in [2.24, 2.45) is 10.7 Å². The zero-order chi connectivity index (χ0) is 32.9. The minimum Gasteiger partial charge on any atom is -0.507 e. The summed E-state index contributed by atoms with van der Waals surface area (Å²) in [5.41, 5.74) is 3.70. The summed E-state index contributed by atoms with van der Waals surface area (Å²) in [6, 6.07) is 12.8. The SMILES string of the molecule is CN1CCC(N=C(N)c2cccc(/C=C\CN(C(=O)c3ccc(C(=O)O)c(C(=O)O)c3)c3cccc(O)c3C(F)(F)F)c2)CC1. The van der Waals surface area contributed by atoms with Gasteiger partial charge in [0.15, 0.2) is 0 Å². The van der Waals surface area contributed by atoms with Crippen molar-refractivity contribution in [1.29, 1.82) is 0 Å². The molecule has 236 valence electrons. The van der Waals surface area contributed by atoms with Crippen molar-refractivity contribution >= 4 is 35.4 Å². The average Bonchev–Trinajstić information content (AvgIpc) is 2.99. The number of halogens is 3. The second-order valence-electron chi connectivity index (χ2n) is 10.5. The quantitative estimate of drug-likeness (QED) is 0.192. The molecule has 5 N–H and O–H groups in total. The Balaban J connectivity index is 1.69. The summed E-state index contributed by atoms with van der Waals surface area (Å²) in [4.78, 5) is 44.4. The summed E-state index contributed by atoms with van der Waals surface area (Å²) in [6.07, 6.45) is -0.305. The first kappa shape index (κ1) is 32.7. The molecule has 0 unspecified atom stereocenters. The van der Waals surface area contributed by atoms with Crippen molar-refractivity contribution < 1.29 is 42.9 Å². The fraction of sp³-hybridized carbons (Fsp3) is 0.250. The van der Waals surface area contributed by atoms with Crippen LogP contribution in [0.5, 0.6) is 5.75 Å². The first-order valence-corrected chi connectivity index (χ1v) is 13.9. The number of nitrogens with two attached hydrogens (primary N) is 1. The van der Waals surface area contributed by atoms with E-state index in [2.05, 4.69) is 9.89 Å². The number of anilines is 1. The number of nitrogens with zero attached hydrogens (tertiary/aromatic N) is 3. The molecule has 1 heterocycles. The van der Waals surface area contributed by atoms with Crippen LogP contribution in [-0.2, 0) is 6.18 Å². The van der Waals surface area contributed by atoms with Crippen molar-refractivity contribution in [2.75, 3.05) is 31.6 Å². The molecule has 0 bridgehead atoms. The summed E-state index contributed by atoms with van der Waals surface area (Å²) in [5, 5.41) is 28.9. The van der Waals surface area contributed by atoms with E-state index in [-0.39, 0.29) is 11.6 Å². The number of amidine groups is 1. The minimum atomic E-state index is -5.05. The number of amides is 1. The van der Waals surface area contributed by atoms with Crippen molar-refractivity contribution in [3.05, 3.63) is 100 Å². The van der Waals surface area contributed by atoms with E-state index in [1.807, 2.05) is 7.05 Å². The van der Waals surface area contributed by atoms with Crippen molar-refractivity contribution in [3.63, 3.8) is 0 Å². The minimum absolute atomic E-state index is 0.0938. The number of aromatic carboxylic acids is 2. The van der Waals surface area contributed by atoms with Crippen LogP contribution in [0, 0.1) is 0 Å². The summed E-state index contributed by atoms with van der Waals surface area (Å²) in [6.45, 7) is 1.39. The Morgan fingerprint density at radius 3 is 2.29 bits per heavy atom. The number of carbonyl (C=O) groups excluding carboxylic acids is 1. The molecule has 0 spiro atoms. The number of carboxylic acids is 2.